The molecule has 1 aromatic heterocycles. The molecule has 3 N–H and O–H groups in total. The molecule has 3 amide bonds. The maximum Gasteiger partial charge on any atom is 0.337 e. The number of carboxylic acids is 1. The van der Waals surface area contributed by atoms with Crippen molar-refractivity contribution in [3.05, 3.63) is 51.1 Å². The molecule has 1 fully saturated rings. The average molecular weight is 404 g/mol. The zero-order valence-corrected chi connectivity index (χ0v) is 15.2. The molecular weight excluding hydrogens is 392 g/mol. The van der Waals surface area contributed by atoms with Crippen molar-refractivity contribution >= 4 is 57.9 Å². The second-order valence-electron chi connectivity index (χ2n) is 5.37. The second kappa shape index (κ2) is 7.64. The quantitative estimate of drug-likeness (QED) is 0.517. The number of thiophene rings is 1. The zero-order chi connectivity index (χ0) is 19.6. The summed E-state index contributed by atoms with van der Waals surface area (Å²) in [6.45, 7) is -0.549. The fourth-order valence-corrected chi connectivity index (χ4v) is 3.85. The van der Waals surface area contributed by atoms with E-state index in [9.17, 15) is 24.3 Å². The molecule has 0 atom stereocenters. The van der Waals surface area contributed by atoms with Gasteiger partial charge in [-0.1, -0.05) is 6.07 Å². The van der Waals surface area contributed by atoms with Crippen molar-refractivity contribution < 1.29 is 29.4 Å². The Labute approximate surface area is 161 Å². The number of aromatic hydroxyl groups is 1. The molecule has 10 heteroatoms. The van der Waals surface area contributed by atoms with E-state index >= 15 is 0 Å². The molecule has 27 heavy (non-hydrogen) atoms. The van der Waals surface area contributed by atoms with Crippen molar-refractivity contribution in [3.63, 3.8) is 0 Å². The molecule has 1 saturated heterocycles. The lowest BCUT2D eigenvalue weighted by atomic mass is 10.1. The number of nitrogens with zero attached hydrogens (tertiary/aromatic N) is 1. The highest BCUT2D eigenvalue weighted by Gasteiger charge is 2.36. The van der Waals surface area contributed by atoms with Gasteiger partial charge in [0.2, 0.25) is 5.91 Å². The molecule has 2 aromatic rings. The van der Waals surface area contributed by atoms with Crippen molar-refractivity contribution in [3.8, 4) is 5.75 Å². The van der Waals surface area contributed by atoms with Gasteiger partial charge in [-0.2, -0.15) is 0 Å². The van der Waals surface area contributed by atoms with Crippen LogP contribution in [0.2, 0.25) is 0 Å². The predicted molar refractivity (Wildman–Crippen MR) is 101 cm³/mol. The topological polar surface area (TPSA) is 124 Å². The molecule has 1 aliphatic rings. The van der Waals surface area contributed by atoms with E-state index in [1.54, 1.807) is 12.1 Å². The molecule has 0 saturated carbocycles. The lowest BCUT2D eigenvalue weighted by molar-refractivity contribution is -0.127. The van der Waals surface area contributed by atoms with Crippen LogP contribution in [-0.2, 0) is 9.59 Å². The molecule has 0 unspecified atom stereocenters. The van der Waals surface area contributed by atoms with Crippen molar-refractivity contribution in [2.24, 2.45) is 0 Å². The minimum absolute atomic E-state index is 0.0496. The van der Waals surface area contributed by atoms with E-state index in [1.807, 2.05) is 11.4 Å². The van der Waals surface area contributed by atoms with Gasteiger partial charge < -0.3 is 15.5 Å². The number of hydrogen-bond acceptors (Lipinski definition) is 7. The fourth-order valence-electron chi connectivity index (χ4n) is 2.29. The third kappa shape index (κ3) is 4.18. The Morgan fingerprint density at radius 1 is 1.22 bits per heavy atom. The van der Waals surface area contributed by atoms with E-state index in [1.165, 1.54) is 23.5 Å². The van der Waals surface area contributed by atoms with Gasteiger partial charge in [-0.05, 0) is 47.5 Å². The highest BCUT2D eigenvalue weighted by Crippen LogP contribution is 2.33. The number of anilines is 1. The second-order valence-corrected chi connectivity index (χ2v) is 7.34. The van der Waals surface area contributed by atoms with E-state index in [4.69, 9.17) is 5.11 Å². The van der Waals surface area contributed by atoms with Crippen molar-refractivity contribution in [1.82, 2.24) is 4.90 Å². The summed E-state index contributed by atoms with van der Waals surface area (Å²) in [5.41, 5.74) is -0.360. The van der Waals surface area contributed by atoms with E-state index in [0.717, 1.165) is 27.6 Å². The number of hydrogen-bond donors (Lipinski definition) is 3. The number of amides is 3. The molecule has 0 aliphatic carbocycles. The smallest absolute Gasteiger partial charge is 0.337 e. The molecule has 0 radical (unpaired) electrons. The number of nitrogens with one attached hydrogen (secondary N) is 1. The summed E-state index contributed by atoms with van der Waals surface area (Å²) in [6, 6.07) is 7.03. The number of thioether (sulfide) groups is 1. The first-order chi connectivity index (χ1) is 12.8. The molecule has 2 heterocycles. The molecule has 138 valence electrons. The first-order valence-corrected chi connectivity index (χ1v) is 9.20. The van der Waals surface area contributed by atoms with Crippen molar-refractivity contribution in [1.29, 1.82) is 0 Å². The lowest BCUT2D eigenvalue weighted by Gasteiger charge is -2.13. The minimum atomic E-state index is -1.34. The van der Waals surface area contributed by atoms with Crippen LogP contribution in [0, 0.1) is 0 Å². The highest BCUT2D eigenvalue weighted by molar-refractivity contribution is 8.18. The monoisotopic (exact) mass is 404 g/mol. The Bertz CT molecular complexity index is 968. The Morgan fingerprint density at radius 2 is 2.00 bits per heavy atom. The molecule has 3 rings (SSSR count). The Hall–Kier alpha value is -3.11. The van der Waals surface area contributed by atoms with Gasteiger partial charge in [0, 0.05) is 4.88 Å². The highest BCUT2D eigenvalue weighted by atomic mass is 32.2. The fraction of sp³-hybridized carbons (Fsp3) is 0.0588. The Kier molecular flexibility index (Phi) is 5.28. The Morgan fingerprint density at radius 3 is 2.67 bits per heavy atom. The standard InChI is InChI=1S/C17H12N2O6S2/c20-9-3-4-12(11(6-9)16(23)24)18-14(21)8-19-15(22)13(27-17(19)25)7-10-2-1-5-26-10/h1-7,20H,8H2,(H,18,21)(H,23,24)/b13-7+. The number of imide groups is 1. The van der Waals surface area contributed by atoms with Crippen LogP contribution in [0.25, 0.3) is 6.08 Å². The van der Waals surface area contributed by atoms with Crippen LogP contribution in [-0.4, -0.2) is 44.7 Å². The van der Waals surface area contributed by atoms with Gasteiger partial charge in [-0.15, -0.1) is 11.3 Å². The maximum atomic E-state index is 12.4. The van der Waals surface area contributed by atoms with Gasteiger partial charge in [0.1, 0.15) is 12.3 Å². The van der Waals surface area contributed by atoms with Crippen LogP contribution in [0.1, 0.15) is 15.2 Å². The minimum Gasteiger partial charge on any atom is -0.508 e. The first-order valence-electron chi connectivity index (χ1n) is 7.50. The molecule has 0 bridgehead atoms. The number of phenols is 1. The predicted octanol–water partition coefficient (Wildman–Crippen LogP) is 2.83. The van der Waals surface area contributed by atoms with Gasteiger partial charge in [0.15, 0.2) is 0 Å². The van der Waals surface area contributed by atoms with Crippen molar-refractivity contribution in [2.45, 2.75) is 0 Å². The maximum absolute atomic E-state index is 12.4. The van der Waals surface area contributed by atoms with Crippen LogP contribution in [0.5, 0.6) is 5.75 Å². The van der Waals surface area contributed by atoms with E-state index in [2.05, 4.69) is 5.32 Å². The van der Waals surface area contributed by atoms with Crippen molar-refractivity contribution in [2.75, 3.05) is 11.9 Å². The molecule has 1 aromatic carbocycles. The van der Waals surface area contributed by atoms with Gasteiger partial charge >= 0.3 is 5.97 Å². The number of phenolic OH excluding ortho intramolecular Hbond substituents is 1. The van der Waals surface area contributed by atoms with E-state index < -0.39 is 29.6 Å². The summed E-state index contributed by atoms with van der Waals surface area (Å²) in [5.74, 6) is -2.93. The summed E-state index contributed by atoms with van der Waals surface area (Å²) >= 11 is 2.14. The SMILES string of the molecule is O=C(CN1C(=O)S/C(=C/c2cccs2)C1=O)Nc1ccc(O)cc1C(=O)O. The zero-order valence-electron chi connectivity index (χ0n) is 13.5. The summed E-state index contributed by atoms with van der Waals surface area (Å²) in [6.07, 6.45) is 1.58. The molecule has 8 nitrogen and oxygen atoms in total. The van der Waals surface area contributed by atoms with Crippen LogP contribution in [0.15, 0.2) is 40.6 Å². The molecule has 0 spiro atoms. The number of rotatable bonds is 5. The molecule has 1 aliphatic heterocycles. The summed E-state index contributed by atoms with van der Waals surface area (Å²) in [7, 11) is 0. The third-order valence-electron chi connectivity index (χ3n) is 3.50. The van der Waals surface area contributed by atoms with Gasteiger partial charge in [0.25, 0.3) is 11.1 Å². The average Bonchev–Trinajstić information content (AvgIpc) is 3.21. The van der Waals surface area contributed by atoms with Crippen LogP contribution >= 0.6 is 23.1 Å². The van der Waals surface area contributed by atoms with E-state index in [0.29, 0.717) is 0 Å². The van der Waals surface area contributed by atoms with Crippen LogP contribution < -0.4 is 5.32 Å². The number of carbonyl (C=O) groups is 4. The normalized spacial score (nSPS) is 15.4. The lowest BCUT2D eigenvalue weighted by Crippen LogP contribution is -2.36. The molecular formula is C17H12N2O6S2. The van der Waals surface area contributed by atoms with Crippen LogP contribution in [0.4, 0.5) is 10.5 Å². The van der Waals surface area contributed by atoms with Crippen LogP contribution in [0.3, 0.4) is 0 Å². The van der Waals surface area contributed by atoms with Gasteiger partial charge in [0.05, 0.1) is 16.2 Å². The summed E-state index contributed by atoms with van der Waals surface area (Å²) in [4.78, 5) is 49.6. The Balaban J connectivity index is 1.72. The van der Waals surface area contributed by atoms with E-state index in [-0.39, 0.29) is 21.9 Å². The summed E-state index contributed by atoms with van der Waals surface area (Å²) < 4.78 is 0. The number of aromatic carboxylic acids is 1. The first kappa shape index (κ1) is 18.7. The largest absolute Gasteiger partial charge is 0.508 e. The van der Waals surface area contributed by atoms with Gasteiger partial charge in [-0.25, -0.2) is 4.79 Å². The number of carbonyl (C=O) groups excluding carboxylic acids is 3. The van der Waals surface area contributed by atoms with Gasteiger partial charge in [-0.3, -0.25) is 19.3 Å². The number of benzene rings is 1. The number of carboxylic acid groups (broad SMARTS) is 1. The summed E-state index contributed by atoms with van der Waals surface area (Å²) in [5, 5.41) is 22.1. The third-order valence-corrected chi connectivity index (χ3v) is 5.23.